The molecule has 0 aliphatic carbocycles. The van der Waals surface area contributed by atoms with Crippen LogP contribution in [0.15, 0.2) is 47.3 Å². The molecule has 0 N–H and O–H groups in total. The smallest absolute Gasteiger partial charge is 0.260 e. The lowest BCUT2D eigenvalue weighted by atomic mass is 10.2. The van der Waals surface area contributed by atoms with Crippen LogP contribution in [0, 0.1) is 0 Å². The highest BCUT2D eigenvalue weighted by Gasteiger charge is 2.06. The van der Waals surface area contributed by atoms with Gasteiger partial charge in [0.1, 0.15) is 11.5 Å². The zero-order valence-corrected chi connectivity index (χ0v) is 10.3. The SMILES string of the molecule is CN(C)c1cc(=O)n2c(ccc3ccccc32)n1. The van der Waals surface area contributed by atoms with E-state index < -0.39 is 0 Å². The number of benzene rings is 1. The van der Waals surface area contributed by atoms with E-state index in [9.17, 15) is 4.79 Å². The van der Waals surface area contributed by atoms with Gasteiger partial charge < -0.3 is 4.90 Å². The number of nitrogens with zero attached hydrogens (tertiary/aromatic N) is 3. The van der Waals surface area contributed by atoms with Crippen molar-refractivity contribution in [2.45, 2.75) is 0 Å². The number of pyridine rings is 1. The molecular formula is C14H13N3O. The van der Waals surface area contributed by atoms with E-state index >= 15 is 0 Å². The molecule has 0 spiro atoms. The fraction of sp³-hybridized carbons (Fsp3) is 0.143. The number of anilines is 1. The molecule has 90 valence electrons. The van der Waals surface area contributed by atoms with E-state index in [0.29, 0.717) is 11.5 Å². The Balaban J connectivity index is 2.49. The van der Waals surface area contributed by atoms with Gasteiger partial charge in [-0.3, -0.25) is 9.20 Å². The molecule has 3 aromatic rings. The van der Waals surface area contributed by atoms with Crippen molar-refractivity contribution >= 4 is 22.4 Å². The van der Waals surface area contributed by atoms with Crippen molar-refractivity contribution in [2.75, 3.05) is 19.0 Å². The van der Waals surface area contributed by atoms with Crippen LogP contribution in [-0.4, -0.2) is 23.5 Å². The van der Waals surface area contributed by atoms with Gasteiger partial charge in [0.05, 0.1) is 5.52 Å². The van der Waals surface area contributed by atoms with Gasteiger partial charge in [0.15, 0.2) is 0 Å². The minimum atomic E-state index is -0.0551. The molecule has 0 saturated heterocycles. The maximum Gasteiger partial charge on any atom is 0.260 e. The third-order valence-electron chi connectivity index (χ3n) is 2.98. The summed E-state index contributed by atoms with van der Waals surface area (Å²) in [5.74, 6) is 0.676. The monoisotopic (exact) mass is 239 g/mol. The molecular weight excluding hydrogens is 226 g/mol. The first-order chi connectivity index (χ1) is 8.66. The first kappa shape index (κ1) is 10.8. The summed E-state index contributed by atoms with van der Waals surface area (Å²) in [5, 5.41) is 1.03. The molecule has 2 heterocycles. The Morgan fingerprint density at radius 3 is 2.67 bits per heavy atom. The van der Waals surface area contributed by atoms with E-state index in [0.717, 1.165) is 10.9 Å². The second-order valence-corrected chi connectivity index (χ2v) is 4.43. The lowest BCUT2D eigenvalue weighted by Crippen LogP contribution is -2.19. The van der Waals surface area contributed by atoms with Crippen molar-refractivity contribution in [1.29, 1.82) is 0 Å². The topological polar surface area (TPSA) is 37.6 Å². The van der Waals surface area contributed by atoms with Crippen molar-refractivity contribution < 1.29 is 0 Å². The molecule has 1 aromatic carbocycles. The Morgan fingerprint density at radius 2 is 1.89 bits per heavy atom. The van der Waals surface area contributed by atoms with E-state index in [1.54, 1.807) is 10.5 Å². The van der Waals surface area contributed by atoms with Gasteiger partial charge >= 0.3 is 0 Å². The average Bonchev–Trinajstić information content (AvgIpc) is 2.37. The lowest BCUT2D eigenvalue weighted by Gasteiger charge is -2.12. The fourth-order valence-corrected chi connectivity index (χ4v) is 2.07. The predicted molar refractivity (Wildman–Crippen MR) is 73.3 cm³/mol. The second-order valence-electron chi connectivity index (χ2n) is 4.43. The van der Waals surface area contributed by atoms with Crippen LogP contribution < -0.4 is 10.5 Å². The third-order valence-corrected chi connectivity index (χ3v) is 2.98. The zero-order valence-electron chi connectivity index (χ0n) is 10.3. The van der Waals surface area contributed by atoms with Gasteiger partial charge in [-0.1, -0.05) is 18.2 Å². The van der Waals surface area contributed by atoms with Crippen LogP contribution in [0.2, 0.25) is 0 Å². The average molecular weight is 239 g/mol. The number of fused-ring (bicyclic) bond motifs is 3. The highest BCUT2D eigenvalue weighted by Crippen LogP contribution is 2.15. The molecule has 0 bridgehead atoms. The van der Waals surface area contributed by atoms with Crippen molar-refractivity contribution in [3.63, 3.8) is 0 Å². The Hall–Kier alpha value is -2.36. The molecule has 0 aliphatic heterocycles. The van der Waals surface area contributed by atoms with Gasteiger partial charge in [0.25, 0.3) is 5.56 Å². The number of hydrogen-bond acceptors (Lipinski definition) is 3. The van der Waals surface area contributed by atoms with Crippen LogP contribution in [0.5, 0.6) is 0 Å². The first-order valence-electron chi connectivity index (χ1n) is 5.76. The summed E-state index contributed by atoms with van der Waals surface area (Å²) in [6, 6.07) is 13.2. The van der Waals surface area contributed by atoms with E-state index in [1.807, 2.05) is 55.4 Å². The fourth-order valence-electron chi connectivity index (χ4n) is 2.07. The molecule has 4 nitrogen and oxygen atoms in total. The van der Waals surface area contributed by atoms with Crippen LogP contribution in [0.3, 0.4) is 0 Å². The van der Waals surface area contributed by atoms with Gasteiger partial charge in [0, 0.05) is 20.2 Å². The normalized spacial score (nSPS) is 11.0. The lowest BCUT2D eigenvalue weighted by molar-refractivity contribution is 1.02. The largest absolute Gasteiger partial charge is 0.363 e. The van der Waals surface area contributed by atoms with Crippen molar-refractivity contribution in [3.8, 4) is 0 Å². The molecule has 0 unspecified atom stereocenters. The standard InChI is InChI=1S/C14H13N3O/c1-16(2)13-9-14(18)17-11-6-4-3-5-10(11)7-8-12(17)15-13/h3-9H,1-2H3. The van der Waals surface area contributed by atoms with Gasteiger partial charge in [-0.25, -0.2) is 4.98 Å². The quantitative estimate of drug-likeness (QED) is 0.609. The molecule has 4 heteroatoms. The second kappa shape index (κ2) is 3.84. The Morgan fingerprint density at radius 1 is 1.11 bits per heavy atom. The molecule has 2 aromatic heterocycles. The van der Waals surface area contributed by atoms with E-state index in [4.69, 9.17) is 0 Å². The summed E-state index contributed by atoms with van der Waals surface area (Å²) in [4.78, 5) is 18.5. The van der Waals surface area contributed by atoms with Gasteiger partial charge in [-0.05, 0) is 23.6 Å². The maximum atomic E-state index is 12.2. The molecule has 0 saturated carbocycles. The highest BCUT2D eigenvalue weighted by atomic mass is 16.1. The Bertz CT molecular complexity index is 790. The van der Waals surface area contributed by atoms with Crippen LogP contribution in [0.1, 0.15) is 0 Å². The van der Waals surface area contributed by atoms with Gasteiger partial charge in [-0.2, -0.15) is 0 Å². The molecule has 3 rings (SSSR count). The van der Waals surface area contributed by atoms with E-state index in [-0.39, 0.29) is 5.56 Å². The summed E-state index contributed by atoms with van der Waals surface area (Å²) < 4.78 is 1.64. The van der Waals surface area contributed by atoms with Crippen LogP contribution in [0.25, 0.3) is 16.6 Å². The summed E-state index contributed by atoms with van der Waals surface area (Å²) in [6.45, 7) is 0. The molecule has 0 radical (unpaired) electrons. The van der Waals surface area contributed by atoms with Gasteiger partial charge in [-0.15, -0.1) is 0 Å². The summed E-state index contributed by atoms with van der Waals surface area (Å²) in [7, 11) is 3.75. The minimum absolute atomic E-state index is 0.0551. The van der Waals surface area contributed by atoms with Crippen molar-refractivity contribution in [2.24, 2.45) is 0 Å². The zero-order chi connectivity index (χ0) is 12.7. The highest BCUT2D eigenvalue weighted by molar-refractivity contribution is 5.81. The summed E-state index contributed by atoms with van der Waals surface area (Å²) >= 11 is 0. The van der Waals surface area contributed by atoms with Crippen molar-refractivity contribution in [3.05, 3.63) is 52.8 Å². The number of rotatable bonds is 1. The van der Waals surface area contributed by atoms with Crippen LogP contribution in [0.4, 0.5) is 5.82 Å². The predicted octanol–water partition coefficient (Wildman–Crippen LogP) is 1.91. The molecule has 0 aliphatic rings. The summed E-state index contributed by atoms with van der Waals surface area (Å²) in [6.07, 6.45) is 0. The van der Waals surface area contributed by atoms with Crippen LogP contribution in [-0.2, 0) is 0 Å². The van der Waals surface area contributed by atoms with Crippen molar-refractivity contribution in [1.82, 2.24) is 9.38 Å². The molecule has 0 amide bonds. The number of aromatic nitrogens is 2. The molecule has 0 atom stereocenters. The van der Waals surface area contributed by atoms with E-state index in [1.165, 1.54) is 0 Å². The Labute approximate surface area is 104 Å². The van der Waals surface area contributed by atoms with Gasteiger partial charge in [0.2, 0.25) is 0 Å². The maximum absolute atomic E-state index is 12.2. The molecule has 0 fully saturated rings. The Kier molecular flexibility index (Phi) is 2.30. The third kappa shape index (κ3) is 1.54. The minimum Gasteiger partial charge on any atom is -0.363 e. The molecule has 18 heavy (non-hydrogen) atoms. The summed E-state index contributed by atoms with van der Waals surface area (Å²) in [5.41, 5.74) is 1.50. The first-order valence-corrected chi connectivity index (χ1v) is 5.76. The number of para-hydroxylation sites is 1. The van der Waals surface area contributed by atoms with Crippen LogP contribution >= 0.6 is 0 Å². The number of hydrogen-bond donors (Lipinski definition) is 0. The van der Waals surface area contributed by atoms with E-state index in [2.05, 4.69) is 4.98 Å².